The number of benzene rings is 2. The molecule has 2 aromatic carbocycles. The summed E-state index contributed by atoms with van der Waals surface area (Å²) in [6.45, 7) is 3.86. The Kier molecular flexibility index (Phi) is 6.01. The molecule has 11 heteroatoms. The van der Waals surface area contributed by atoms with E-state index in [4.69, 9.17) is 16.6 Å². The second kappa shape index (κ2) is 9.28. The van der Waals surface area contributed by atoms with Gasteiger partial charge in [-0.1, -0.05) is 24.3 Å². The highest BCUT2D eigenvalue weighted by atomic mass is 32.2. The summed E-state index contributed by atoms with van der Waals surface area (Å²) in [4.78, 5) is 27.2. The third-order valence-electron chi connectivity index (χ3n) is 5.09. The minimum atomic E-state index is -0.584. The lowest BCUT2D eigenvalue weighted by Crippen LogP contribution is -2.54. The molecular formula is C24H18N6O3S2. The molecule has 2 amide bonds. The molecule has 1 aliphatic heterocycles. The third-order valence-corrected chi connectivity index (χ3v) is 6.23. The number of hydrogen-bond donors (Lipinski definition) is 1. The van der Waals surface area contributed by atoms with Crippen LogP contribution in [0.3, 0.4) is 0 Å². The molecule has 2 aromatic heterocycles. The molecule has 0 saturated carbocycles. The SMILES string of the molecule is Cc1cc(C)cc(N2C(=O)/C(=C/c3ccc(Sc4nnnn4-c4ccccc4)o3)C(=O)NC2=S)c1. The quantitative estimate of drug-likeness (QED) is 0.249. The molecule has 0 unspecified atom stereocenters. The van der Waals surface area contributed by atoms with Crippen molar-refractivity contribution in [2.45, 2.75) is 24.1 Å². The van der Waals surface area contributed by atoms with E-state index in [0.29, 0.717) is 21.7 Å². The molecule has 0 spiro atoms. The Bertz CT molecular complexity index is 1470. The maximum absolute atomic E-state index is 13.3. The molecule has 5 rings (SSSR count). The van der Waals surface area contributed by atoms with Crippen molar-refractivity contribution < 1.29 is 14.0 Å². The average molecular weight is 503 g/mol. The van der Waals surface area contributed by atoms with Gasteiger partial charge in [0.25, 0.3) is 11.8 Å². The monoisotopic (exact) mass is 502 g/mol. The number of hydrogen-bond acceptors (Lipinski definition) is 8. The van der Waals surface area contributed by atoms with Crippen molar-refractivity contribution in [1.82, 2.24) is 25.5 Å². The molecule has 0 radical (unpaired) electrons. The number of nitrogens with one attached hydrogen (secondary N) is 1. The van der Waals surface area contributed by atoms with E-state index in [2.05, 4.69) is 20.8 Å². The molecule has 1 fully saturated rings. The Morgan fingerprint density at radius 3 is 2.49 bits per heavy atom. The van der Waals surface area contributed by atoms with Crippen molar-refractivity contribution in [2.24, 2.45) is 0 Å². The van der Waals surface area contributed by atoms with Crippen LogP contribution in [0.15, 0.2) is 80.9 Å². The number of para-hydroxylation sites is 1. The number of carbonyl (C=O) groups is 2. The van der Waals surface area contributed by atoms with Gasteiger partial charge in [0.05, 0.1) is 11.4 Å². The van der Waals surface area contributed by atoms with E-state index in [1.165, 1.54) is 22.7 Å². The van der Waals surface area contributed by atoms with E-state index in [1.807, 2.05) is 62.4 Å². The Morgan fingerprint density at radius 2 is 1.74 bits per heavy atom. The number of rotatable bonds is 5. The molecule has 1 N–H and O–H groups in total. The maximum Gasteiger partial charge on any atom is 0.270 e. The van der Waals surface area contributed by atoms with Crippen molar-refractivity contribution in [3.05, 3.63) is 83.1 Å². The molecular weight excluding hydrogens is 484 g/mol. The van der Waals surface area contributed by atoms with Gasteiger partial charge in [0, 0.05) is 0 Å². The van der Waals surface area contributed by atoms with Gasteiger partial charge in [0.1, 0.15) is 11.3 Å². The fraction of sp³-hybridized carbons (Fsp3) is 0.0833. The topological polar surface area (TPSA) is 106 Å². The predicted octanol–water partition coefficient (Wildman–Crippen LogP) is 3.85. The molecule has 3 heterocycles. The van der Waals surface area contributed by atoms with Gasteiger partial charge < -0.3 is 4.42 Å². The van der Waals surface area contributed by atoms with E-state index in [9.17, 15) is 9.59 Å². The van der Waals surface area contributed by atoms with Gasteiger partial charge in [-0.2, -0.15) is 4.68 Å². The number of tetrazole rings is 1. The van der Waals surface area contributed by atoms with Crippen LogP contribution in [-0.4, -0.2) is 37.1 Å². The summed E-state index contributed by atoms with van der Waals surface area (Å²) in [5.74, 6) is -0.778. The van der Waals surface area contributed by atoms with Crippen molar-refractivity contribution in [3.8, 4) is 5.69 Å². The zero-order chi connectivity index (χ0) is 24.5. The summed E-state index contributed by atoms with van der Waals surface area (Å²) in [6.07, 6.45) is 1.40. The van der Waals surface area contributed by atoms with Gasteiger partial charge in [-0.25, -0.2) is 0 Å². The summed E-state index contributed by atoms with van der Waals surface area (Å²) in [6, 6.07) is 18.5. The Morgan fingerprint density at radius 1 is 1.00 bits per heavy atom. The van der Waals surface area contributed by atoms with E-state index in [1.54, 1.807) is 16.8 Å². The highest BCUT2D eigenvalue weighted by Crippen LogP contribution is 2.30. The number of thiocarbonyl (C=S) groups is 1. The lowest BCUT2D eigenvalue weighted by Gasteiger charge is -2.29. The molecule has 1 aliphatic rings. The molecule has 0 atom stereocenters. The molecule has 0 bridgehead atoms. The lowest BCUT2D eigenvalue weighted by molar-refractivity contribution is -0.122. The fourth-order valence-electron chi connectivity index (χ4n) is 3.64. The minimum Gasteiger partial charge on any atom is -0.450 e. The molecule has 1 saturated heterocycles. The van der Waals surface area contributed by atoms with Crippen LogP contribution in [0, 0.1) is 13.8 Å². The minimum absolute atomic E-state index is 0.0330. The van der Waals surface area contributed by atoms with Crippen LogP contribution < -0.4 is 10.2 Å². The molecule has 174 valence electrons. The van der Waals surface area contributed by atoms with Crippen LogP contribution >= 0.6 is 24.0 Å². The summed E-state index contributed by atoms with van der Waals surface area (Å²) in [5.41, 5.74) is 3.26. The Labute approximate surface area is 209 Å². The number of amides is 2. The number of anilines is 1. The standard InChI is InChI=1S/C24H18N6O3S2/c1-14-10-15(2)12-17(11-14)29-22(32)19(21(31)25-23(29)34)13-18-8-9-20(33-18)35-24-26-27-28-30(24)16-6-4-3-5-7-16/h3-13H,1-2H3,(H,25,31,34)/b19-13+. The van der Waals surface area contributed by atoms with Crippen molar-refractivity contribution >= 4 is 52.7 Å². The van der Waals surface area contributed by atoms with Crippen LogP contribution in [0.2, 0.25) is 0 Å². The molecule has 35 heavy (non-hydrogen) atoms. The first-order chi connectivity index (χ1) is 16.9. The van der Waals surface area contributed by atoms with Gasteiger partial charge in [-0.3, -0.25) is 19.8 Å². The van der Waals surface area contributed by atoms with Crippen LogP contribution in [0.1, 0.15) is 16.9 Å². The second-order valence-electron chi connectivity index (χ2n) is 7.77. The van der Waals surface area contributed by atoms with Crippen molar-refractivity contribution in [1.29, 1.82) is 0 Å². The van der Waals surface area contributed by atoms with Crippen molar-refractivity contribution in [3.63, 3.8) is 0 Å². The number of furan rings is 1. The smallest absolute Gasteiger partial charge is 0.270 e. The summed E-state index contributed by atoms with van der Waals surface area (Å²) >= 11 is 6.50. The van der Waals surface area contributed by atoms with E-state index in [-0.39, 0.29) is 10.7 Å². The van der Waals surface area contributed by atoms with Crippen LogP contribution in [0.25, 0.3) is 11.8 Å². The van der Waals surface area contributed by atoms with Crippen LogP contribution in [0.5, 0.6) is 0 Å². The van der Waals surface area contributed by atoms with Gasteiger partial charge in [-0.15, -0.1) is 5.10 Å². The normalized spacial score (nSPS) is 15.1. The van der Waals surface area contributed by atoms with Crippen LogP contribution in [0.4, 0.5) is 5.69 Å². The summed E-state index contributed by atoms with van der Waals surface area (Å²) < 4.78 is 7.44. The van der Waals surface area contributed by atoms with E-state index in [0.717, 1.165) is 16.8 Å². The zero-order valence-corrected chi connectivity index (χ0v) is 20.3. The first-order valence-corrected chi connectivity index (χ1v) is 11.7. The van der Waals surface area contributed by atoms with Gasteiger partial charge in [0.15, 0.2) is 10.2 Å². The Hall–Kier alpha value is -4.09. The highest BCUT2D eigenvalue weighted by molar-refractivity contribution is 7.99. The van der Waals surface area contributed by atoms with Crippen LogP contribution in [-0.2, 0) is 9.59 Å². The first kappa shape index (κ1) is 22.7. The van der Waals surface area contributed by atoms with Gasteiger partial charge in [0.2, 0.25) is 5.16 Å². The number of nitrogens with zero attached hydrogens (tertiary/aromatic N) is 5. The first-order valence-electron chi connectivity index (χ1n) is 10.5. The molecule has 0 aliphatic carbocycles. The van der Waals surface area contributed by atoms with E-state index >= 15 is 0 Å². The largest absolute Gasteiger partial charge is 0.450 e. The zero-order valence-electron chi connectivity index (χ0n) is 18.6. The maximum atomic E-state index is 13.3. The van der Waals surface area contributed by atoms with Gasteiger partial charge >= 0.3 is 0 Å². The highest BCUT2D eigenvalue weighted by Gasteiger charge is 2.35. The predicted molar refractivity (Wildman–Crippen MR) is 134 cm³/mol. The van der Waals surface area contributed by atoms with E-state index < -0.39 is 11.8 Å². The third kappa shape index (κ3) is 4.63. The molecule has 9 nitrogen and oxygen atoms in total. The molecule has 4 aromatic rings. The van der Waals surface area contributed by atoms with Crippen molar-refractivity contribution in [2.75, 3.05) is 4.90 Å². The number of aryl methyl sites for hydroxylation is 2. The second-order valence-corrected chi connectivity index (χ2v) is 9.13. The average Bonchev–Trinajstić information content (AvgIpc) is 3.46. The lowest BCUT2D eigenvalue weighted by atomic mass is 10.1. The fourth-order valence-corrected chi connectivity index (χ4v) is 4.69. The summed E-state index contributed by atoms with van der Waals surface area (Å²) in [5, 5.41) is 15.4. The van der Waals surface area contributed by atoms with Gasteiger partial charge in [-0.05, 0) is 102 Å². The summed E-state index contributed by atoms with van der Waals surface area (Å²) in [7, 11) is 0. The number of carbonyl (C=O) groups excluding carboxylic acids is 2. The number of aromatic nitrogens is 4. The Balaban J connectivity index is 1.41.